The maximum atomic E-state index is 12.0. The Balaban J connectivity index is 2.95. The number of carbonyl (C=O) groups excluding carboxylic acids is 1. The van der Waals surface area contributed by atoms with Gasteiger partial charge in [0.15, 0.2) is 0 Å². The lowest BCUT2D eigenvalue weighted by Crippen LogP contribution is -2.37. The molecule has 16 heavy (non-hydrogen) atoms. The van der Waals surface area contributed by atoms with Crippen LogP contribution in [0.5, 0.6) is 0 Å². The van der Waals surface area contributed by atoms with Gasteiger partial charge < -0.3 is 10.6 Å². The lowest BCUT2D eigenvalue weighted by molar-refractivity contribution is -0.119. The van der Waals surface area contributed by atoms with E-state index in [9.17, 15) is 4.79 Å². The summed E-state index contributed by atoms with van der Waals surface area (Å²) >= 11 is 4.83. The van der Waals surface area contributed by atoms with Crippen molar-refractivity contribution in [2.45, 2.75) is 13.8 Å². The van der Waals surface area contributed by atoms with E-state index in [2.05, 4.69) is 0 Å². The van der Waals surface area contributed by atoms with Gasteiger partial charge in [-0.1, -0.05) is 30.4 Å². The minimum Gasteiger partial charge on any atom is -0.393 e. The van der Waals surface area contributed by atoms with E-state index < -0.39 is 5.92 Å². The first-order valence-electron chi connectivity index (χ1n) is 5.07. The lowest BCUT2D eigenvalue weighted by Gasteiger charge is -2.22. The first-order chi connectivity index (χ1) is 7.45. The SMILES string of the molecule is Cc1ccccc1N(C)C(=O)C(C)C(N)=S. The van der Waals surface area contributed by atoms with Gasteiger partial charge in [0.25, 0.3) is 0 Å². The smallest absolute Gasteiger partial charge is 0.236 e. The number of hydrogen-bond acceptors (Lipinski definition) is 2. The van der Waals surface area contributed by atoms with E-state index in [4.69, 9.17) is 18.0 Å². The molecular formula is C12H16N2OS. The standard InChI is InChI=1S/C12H16N2OS/c1-8-6-4-5-7-10(8)14(3)12(15)9(2)11(13)16/h4-7,9H,1-3H3,(H2,13,16). The third-order valence-corrected chi connectivity index (χ3v) is 2.96. The Hall–Kier alpha value is -1.42. The fraction of sp³-hybridized carbons (Fsp3) is 0.333. The monoisotopic (exact) mass is 236 g/mol. The molecule has 0 aliphatic heterocycles. The number of carbonyl (C=O) groups is 1. The zero-order chi connectivity index (χ0) is 12.3. The van der Waals surface area contributed by atoms with Gasteiger partial charge in [0.2, 0.25) is 5.91 Å². The lowest BCUT2D eigenvalue weighted by atomic mass is 10.1. The first-order valence-corrected chi connectivity index (χ1v) is 5.48. The van der Waals surface area contributed by atoms with Gasteiger partial charge in [-0.25, -0.2) is 0 Å². The summed E-state index contributed by atoms with van der Waals surface area (Å²) in [4.78, 5) is 13.8. The van der Waals surface area contributed by atoms with E-state index in [1.54, 1.807) is 18.9 Å². The Morgan fingerprint density at radius 3 is 2.50 bits per heavy atom. The Labute approximate surface area is 101 Å². The molecule has 0 heterocycles. The molecule has 1 aromatic rings. The van der Waals surface area contributed by atoms with Gasteiger partial charge in [0, 0.05) is 12.7 Å². The summed E-state index contributed by atoms with van der Waals surface area (Å²) in [7, 11) is 1.74. The number of para-hydroxylation sites is 1. The topological polar surface area (TPSA) is 46.3 Å². The fourth-order valence-corrected chi connectivity index (χ4v) is 1.57. The van der Waals surface area contributed by atoms with Crippen molar-refractivity contribution in [3.05, 3.63) is 29.8 Å². The Kier molecular flexibility index (Phi) is 4.01. The van der Waals surface area contributed by atoms with E-state index in [0.29, 0.717) is 0 Å². The van der Waals surface area contributed by atoms with Crippen LogP contribution in [-0.4, -0.2) is 17.9 Å². The van der Waals surface area contributed by atoms with Crippen molar-refractivity contribution in [2.24, 2.45) is 11.7 Å². The molecule has 0 aliphatic rings. The number of rotatable bonds is 3. The molecule has 4 heteroatoms. The van der Waals surface area contributed by atoms with Crippen LogP contribution >= 0.6 is 12.2 Å². The van der Waals surface area contributed by atoms with Gasteiger partial charge in [-0.2, -0.15) is 0 Å². The van der Waals surface area contributed by atoms with Crippen LogP contribution in [0.15, 0.2) is 24.3 Å². The van der Waals surface area contributed by atoms with Crippen LogP contribution in [0, 0.1) is 12.8 Å². The van der Waals surface area contributed by atoms with E-state index in [1.165, 1.54) is 0 Å². The van der Waals surface area contributed by atoms with E-state index in [0.717, 1.165) is 11.3 Å². The van der Waals surface area contributed by atoms with Gasteiger partial charge in [0.1, 0.15) is 0 Å². The molecule has 3 nitrogen and oxygen atoms in total. The highest BCUT2D eigenvalue weighted by Gasteiger charge is 2.21. The van der Waals surface area contributed by atoms with Crippen molar-refractivity contribution >= 4 is 28.8 Å². The third-order valence-electron chi connectivity index (χ3n) is 2.60. The molecule has 0 bridgehead atoms. The highest BCUT2D eigenvalue weighted by atomic mass is 32.1. The van der Waals surface area contributed by atoms with E-state index in [-0.39, 0.29) is 10.9 Å². The highest BCUT2D eigenvalue weighted by Crippen LogP contribution is 2.19. The molecule has 2 N–H and O–H groups in total. The summed E-state index contributed by atoms with van der Waals surface area (Å²) < 4.78 is 0. The minimum absolute atomic E-state index is 0.0817. The zero-order valence-electron chi connectivity index (χ0n) is 9.73. The second-order valence-electron chi connectivity index (χ2n) is 3.81. The van der Waals surface area contributed by atoms with Gasteiger partial charge in [0.05, 0.1) is 10.9 Å². The van der Waals surface area contributed by atoms with Crippen molar-refractivity contribution in [3.8, 4) is 0 Å². The van der Waals surface area contributed by atoms with Gasteiger partial charge in [-0.3, -0.25) is 4.79 Å². The summed E-state index contributed by atoms with van der Waals surface area (Å²) in [5.74, 6) is -0.513. The number of amides is 1. The third kappa shape index (κ3) is 2.58. The van der Waals surface area contributed by atoms with Crippen LogP contribution in [-0.2, 0) is 4.79 Å². The van der Waals surface area contributed by atoms with Crippen LogP contribution < -0.4 is 10.6 Å². The molecule has 1 atom stereocenters. The molecule has 0 aliphatic carbocycles. The highest BCUT2D eigenvalue weighted by molar-refractivity contribution is 7.80. The van der Waals surface area contributed by atoms with Crippen molar-refractivity contribution in [2.75, 3.05) is 11.9 Å². The number of nitrogens with zero attached hydrogens (tertiary/aromatic N) is 1. The van der Waals surface area contributed by atoms with E-state index in [1.807, 2.05) is 31.2 Å². The Morgan fingerprint density at radius 2 is 2.00 bits per heavy atom. The molecule has 0 saturated heterocycles. The van der Waals surface area contributed by atoms with Gasteiger partial charge >= 0.3 is 0 Å². The predicted molar refractivity (Wildman–Crippen MR) is 70.5 cm³/mol. The predicted octanol–water partition coefficient (Wildman–Crippen LogP) is 1.88. The minimum atomic E-state index is -0.431. The molecule has 1 rings (SSSR count). The molecule has 0 spiro atoms. The van der Waals surface area contributed by atoms with Crippen LogP contribution in [0.3, 0.4) is 0 Å². The quantitative estimate of drug-likeness (QED) is 0.815. The second kappa shape index (κ2) is 5.07. The first kappa shape index (κ1) is 12.6. The molecule has 1 aromatic carbocycles. The summed E-state index contributed by atoms with van der Waals surface area (Å²) in [5, 5.41) is 0. The van der Waals surface area contributed by atoms with Gasteiger partial charge in [-0.15, -0.1) is 0 Å². The number of aryl methyl sites for hydroxylation is 1. The normalized spacial score (nSPS) is 11.9. The second-order valence-corrected chi connectivity index (χ2v) is 4.28. The van der Waals surface area contributed by atoms with Crippen LogP contribution in [0.4, 0.5) is 5.69 Å². The van der Waals surface area contributed by atoms with Crippen molar-refractivity contribution < 1.29 is 4.79 Å². The molecule has 86 valence electrons. The molecular weight excluding hydrogens is 220 g/mol. The maximum Gasteiger partial charge on any atom is 0.236 e. The summed E-state index contributed by atoms with van der Waals surface area (Å²) in [6, 6.07) is 7.70. The molecule has 0 radical (unpaired) electrons. The molecule has 1 amide bonds. The zero-order valence-corrected chi connectivity index (χ0v) is 10.5. The molecule has 0 aromatic heterocycles. The Morgan fingerprint density at radius 1 is 1.44 bits per heavy atom. The largest absolute Gasteiger partial charge is 0.393 e. The average molecular weight is 236 g/mol. The van der Waals surface area contributed by atoms with Gasteiger partial charge in [-0.05, 0) is 25.5 Å². The number of thiocarbonyl (C=S) groups is 1. The number of hydrogen-bond donors (Lipinski definition) is 1. The summed E-state index contributed by atoms with van der Waals surface area (Å²) in [5.41, 5.74) is 7.41. The Bertz CT molecular complexity index is 417. The number of benzene rings is 1. The van der Waals surface area contributed by atoms with Crippen molar-refractivity contribution in [3.63, 3.8) is 0 Å². The van der Waals surface area contributed by atoms with Crippen molar-refractivity contribution in [1.82, 2.24) is 0 Å². The van der Waals surface area contributed by atoms with Crippen LogP contribution in [0.2, 0.25) is 0 Å². The summed E-state index contributed by atoms with van der Waals surface area (Å²) in [6.45, 7) is 3.68. The molecule has 1 unspecified atom stereocenters. The van der Waals surface area contributed by atoms with Crippen LogP contribution in [0.25, 0.3) is 0 Å². The number of anilines is 1. The van der Waals surface area contributed by atoms with Crippen molar-refractivity contribution in [1.29, 1.82) is 0 Å². The number of nitrogens with two attached hydrogens (primary N) is 1. The molecule has 0 saturated carbocycles. The molecule has 0 fully saturated rings. The fourth-order valence-electron chi connectivity index (χ4n) is 1.47. The average Bonchev–Trinajstić information content (AvgIpc) is 2.26. The summed E-state index contributed by atoms with van der Waals surface area (Å²) in [6.07, 6.45) is 0. The van der Waals surface area contributed by atoms with E-state index >= 15 is 0 Å². The maximum absolute atomic E-state index is 12.0. The van der Waals surface area contributed by atoms with Crippen LogP contribution in [0.1, 0.15) is 12.5 Å².